The lowest BCUT2D eigenvalue weighted by atomic mass is 10.2. The van der Waals surface area contributed by atoms with Gasteiger partial charge in [-0.2, -0.15) is 0 Å². The maximum atomic E-state index is 12.1. The fraction of sp³-hybridized carbons (Fsp3) is 0.133. The second kappa shape index (κ2) is 7.54. The van der Waals surface area contributed by atoms with Crippen LogP contribution in [0.15, 0.2) is 40.9 Å². The van der Waals surface area contributed by atoms with Gasteiger partial charge in [-0.15, -0.1) is 21.5 Å². The van der Waals surface area contributed by atoms with Gasteiger partial charge >= 0.3 is 0 Å². The van der Waals surface area contributed by atoms with Crippen LogP contribution in [0, 0.1) is 17.0 Å². The Balaban J connectivity index is 1.66. The highest BCUT2D eigenvalue weighted by molar-refractivity contribution is 7.99. The number of anilines is 1. The van der Waals surface area contributed by atoms with E-state index < -0.39 is 10.8 Å². The molecule has 1 amide bonds. The number of nitrogens with zero attached hydrogens (tertiary/aromatic N) is 4. The van der Waals surface area contributed by atoms with Crippen molar-refractivity contribution in [2.75, 3.05) is 16.9 Å². The van der Waals surface area contributed by atoms with Crippen LogP contribution in [0.2, 0.25) is 0 Å². The molecule has 0 aliphatic carbocycles. The van der Waals surface area contributed by atoms with Gasteiger partial charge in [0, 0.05) is 6.07 Å². The zero-order valence-corrected chi connectivity index (χ0v) is 15.2. The van der Waals surface area contributed by atoms with Crippen molar-refractivity contribution in [3.63, 3.8) is 0 Å². The van der Waals surface area contributed by atoms with Crippen LogP contribution in [0.5, 0.6) is 0 Å². The standard InChI is InChI=1S/C15H14N6O3S2/c1-9-4-5-10(11(7-9)21(23)24)17-13(22)8-26-15-19-18-14(20(15)16)12-3-2-6-25-12/h2-7H,8,16H2,1H3,(H,17,22). The summed E-state index contributed by atoms with van der Waals surface area (Å²) in [5.74, 6) is 6.07. The number of rotatable bonds is 6. The van der Waals surface area contributed by atoms with Crippen molar-refractivity contribution in [2.24, 2.45) is 0 Å². The van der Waals surface area contributed by atoms with Crippen molar-refractivity contribution in [1.82, 2.24) is 14.9 Å². The van der Waals surface area contributed by atoms with Gasteiger partial charge in [-0.1, -0.05) is 23.9 Å². The predicted octanol–water partition coefficient (Wildman–Crippen LogP) is 2.67. The molecular weight excluding hydrogens is 376 g/mol. The van der Waals surface area contributed by atoms with Crippen molar-refractivity contribution in [2.45, 2.75) is 12.1 Å². The van der Waals surface area contributed by atoms with Gasteiger partial charge in [-0.05, 0) is 30.0 Å². The first-order chi connectivity index (χ1) is 12.5. The average molecular weight is 390 g/mol. The third-order valence-electron chi connectivity index (χ3n) is 3.36. The van der Waals surface area contributed by atoms with Gasteiger partial charge in [-0.25, -0.2) is 4.68 Å². The minimum atomic E-state index is -0.528. The van der Waals surface area contributed by atoms with Crippen LogP contribution in [0.25, 0.3) is 10.7 Å². The number of thioether (sulfide) groups is 1. The van der Waals surface area contributed by atoms with E-state index in [1.807, 2.05) is 17.5 Å². The largest absolute Gasteiger partial charge is 0.335 e. The molecule has 0 atom stereocenters. The van der Waals surface area contributed by atoms with E-state index in [0.29, 0.717) is 11.0 Å². The zero-order valence-electron chi connectivity index (χ0n) is 13.6. The van der Waals surface area contributed by atoms with Crippen LogP contribution < -0.4 is 11.2 Å². The molecule has 11 heteroatoms. The maximum Gasteiger partial charge on any atom is 0.293 e. The van der Waals surface area contributed by atoms with Crippen LogP contribution in [-0.2, 0) is 4.79 Å². The Bertz CT molecular complexity index is 954. The van der Waals surface area contributed by atoms with Crippen molar-refractivity contribution in [3.8, 4) is 10.7 Å². The summed E-state index contributed by atoms with van der Waals surface area (Å²) in [6.45, 7) is 1.74. The van der Waals surface area contributed by atoms with E-state index in [2.05, 4.69) is 15.5 Å². The molecule has 1 aromatic carbocycles. The number of aryl methyl sites for hydroxylation is 1. The molecule has 3 aromatic rings. The highest BCUT2D eigenvalue weighted by Gasteiger charge is 2.18. The van der Waals surface area contributed by atoms with E-state index in [0.717, 1.165) is 22.2 Å². The van der Waals surface area contributed by atoms with E-state index in [1.165, 1.54) is 28.1 Å². The fourth-order valence-corrected chi connectivity index (χ4v) is 3.53. The fourth-order valence-electron chi connectivity index (χ4n) is 2.16. The molecule has 9 nitrogen and oxygen atoms in total. The number of thiophene rings is 1. The summed E-state index contributed by atoms with van der Waals surface area (Å²) >= 11 is 2.58. The molecule has 0 aliphatic rings. The van der Waals surface area contributed by atoms with Crippen LogP contribution in [0.4, 0.5) is 11.4 Å². The van der Waals surface area contributed by atoms with Crippen molar-refractivity contribution < 1.29 is 9.72 Å². The van der Waals surface area contributed by atoms with Crippen LogP contribution in [0.3, 0.4) is 0 Å². The number of benzene rings is 1. The topological polar surface area (TPSA) is 129 Å². The lowest BCUT2D eigenvalue weighted by Crippen LogP contribution is -2.17. The van der Waals surface area contributed by atoms with Gasteiger partial charge in [0.15, 0.2) is 5.82 Å². The molecule has 3 rings (SSSR count). The first-order valence-corrected chi connectivity index (χ1v) is 9.24. The maximum absolute atomic E-state index is 12.1. The minimum Gasteiger partial charge on any atom is -0.335 e. The Morgan fingerprint density at radius 2 is 2.23 bits per heavy atom. The lowest BCUT2D eigenvalue weighted by molar-refractivity contribution is -0.384. The molecule has 0 aliphatic heterocycles. The summed E-state index contributed by atoms with van der Waals surface area (Å²) in [6, 6.07) is 8.36. The molecule has 2 aromatic heterocycles. The first-order valence-electron chi connectivity index (χ1n) is 7.38. The molecule has 0 unspecified atom stereocenters. The van der Waals surface area contributed by atoms with E-state index in [9.17, 15) is 14.9 Å². The molecule has 26 heavy (non-hydrogen) atoms. The van der Waals surface area contributed by atoms with Gasteiger partial charge in [0.1, 0.15) is 5.69 Å². The normalized spacial score (nSPS) is 10.7. The average Bonchev–Trinajstić information content (AvgIpc) is 3.24. The minimum absolute atomic E-state index is 0.00912. The highest BCUT2D eigenvalue weighted by Crippen LogP contribution is 2.27. The number of amides is 1. The van der Waals surface area contributed by atoms with Crippen molar-refractivity contribution >= 4 is 40.4 Å². The summed E-state index contributed by atoms with van der Waals surface area (Å²) in [4.78, 5) is 23.6. The van der Waals surface area contributed by atoms with Crippen LogP contribution in [-0.4, -0.2) is 31.5 Å². The Morgan fingerprint density at radius 1 is 1.42 bits per heavy atom. The molecule has 0 fully saturated rings. The number of carbonyl (C=O) groups excluding carboxylic acids is 1. The molecule has 3 N–H and O–H groups in total. The summed E-state index contributed by atoms with van der Waals surface area (Å²) < 4.78 is 1.32. The Hall–Kier alpha value is -2.92. The molecule has 0 spiro atoms. The quantitative estimate of drug-likeness (QED) is 0.286. The number of nitro groups is 1. The molecule has 0 bridgehead atoms. The predicted molar refractivity (Wildman–Crippen MR) is 101 cm³/mol. The third kappa shape index (κ3) is 3.83. The Kier molecular flexibility index (Phi) is 5.19. The van der Waals surface area contributed by atoms with Gasteiger partial charge in [0.25, 0.3) is 5.69 Å². The van der Waals surface area contributed by atoms with E-state index in [-0.39, 0.29) is 17.1 Å². The summed E-state index contributed by atoms with van der Waals surface area (Å²) in [7, 11) is 0. The number of hydrogen-bond acceptors (Lipinski definition) is 8. The lowest BCUT2D eigenvalue weighted by Gasteiger charge is -2.06. The number of nitrogen functional groups attached to an aromatic ring is 1. The number of nitrogens with two attached hydrogens (primary N) is 1. The zero-order chi connectivity index (χ0) is 18.7. The van der Waals surface area contributed by atoms with Gasteiger partial charge in [-0.3, -0.25) is 14.9 Å². The molecule has 2 heterocycles. The third-order valence-corrected chi connectivity index (χ3v) is 5.17. The molecular formula is C15H14N6O3S2. The first kappa shape index (κ1) is 17.9. The number of nitrogens with one attached hydrogen (secondary N) is 1. The van der Waals surface area contributed by atoms with Gasteiger partial charge < -0.3 is 11.2 Å². The summed E-state index contributed by atoms with van der Waals surface area (Å²) in [5, 5.41) is 23.9. The van der Waals surface area contributed by atoms with Crippen LogP contribution >= 0.6 is 23.1 Å². The van der Waals surface area contributed by atoms with Gasteiger partial charge in [0.05, 0.1) is 15.6 Å². The summed E-state index contributed by atoms with van der Waals surface area (Å²) in [5.41, 5.74) is 0.742. The Labute approximate surface area is 156 Å². The van der Waals surface area contributed by atoms with Gasteiger partial charge in [0.2, 0.25) is 11.1 Å². The number of carbonyl (C=O) groups is 1. The number of aromatic nitrogens is 3. The second-order valence-electron chi connectivity index (χ2n) is 5.27. The van der Waals surface area contributed by atoms with E-state index in [1.54, 1.807) is 13.0 Å². The summed E-state index contributed by atoms with van der Waals surface area (Å²) in [6.07, 6.45) is 0. The van der Waals surface area contributed by atoms with Crippen molar-refractivity contribution in [3.05, 3.63) is 51.4 Å². The molecule has 0 saturated heterocycles. The SMILES string of the molecule is Cc1ccc(NC(=O)CSc2nnc(-c3cccs3)n2N)c([N+](=O)[O-])c1. The smallest absolute Gasteiger partial charge is 0.293 e. The highest BCUT2D eigenvalue weighted by atomic mass is 32.2. The number of hydrogen-bond donors (Lipinski definition) is 2. The second-order valence-corrected chi connectivity index (χ2v) is 7.16. The van der Waals surface area contributed by atoms with Crippen LogP contribution in [0.1, 0.15) is 5.56 Å². The molecule has 0 saturated carbocycles. The van der Waals surface area contributed by atoms with E-state index in [4.69, 9.17) is 5.84 Å². The monoisotopic (exact) mass is 390 g/mol. The van der Waals surface area contributed by atoms with E-state index >= 15 is 0 Å². The Morgan fingerprint density at radius 3 is 2.92 bits per heavy atom. The molecule has 134 valence electrons. The molecule has 0 radical (unpaired) electrons. The van der Waals surface area contributed by atoms with Crippen molar-refractivity contribution in [1.29, 1.82) is 0 Å². The number of nitro benzene ring substituents is 1.